The maximum Gasteiger partial charge on any atom is 0.333 e. The number of nitrogens with zero attached hydrogens (tertiary/aromatic N) is 1. The minimum absolute atomic E-state index is 0.153. The second-order valence-corrected chi connectivity index (χ2v) is 5.12. The molecule has 0 aliphatic carbocycles. The van der Waals surface area contributed by atoms with Crippen molar-refractivity contribution in [2.24, 2.45) is 5.92 Å². The molecular formula is C14H21N3O4. The SMILES string of the molecule is COc1cccc(NC(C)C(=O)NCC(C)C)c1[N+](=O)[O-]. The highest BCUT2D eigenvalue weighted by atomic mass is 16.6. The molecule has 0 aliphatic heterocycles. The molecule has 21 heavy (non-hydrogen) atoms. The Morgan fingerprint density at radius 2 is 2.05 bits per heavy atom. The van der Waals surface area contributed by atoms with Crippen molar-refractivity contribution >= 4 is 17.3 Å². The van der Waals surface area contributed by atoms with Gasteiger partial charge in [-0.3, -0.25) is 14.9 Å². The molecule has 1 aromatic rings. The molecule has 0 spiro atoms. The average molecular weight is 295 g/mol. The minimum Gasteiger partial charge on any atom is -0.490 e. The molecule has 116 valence electrons. The monoisotopic (exact) mass is 295 g/mol. The zero-order valence-corrected chi connectivity index (χ0v) is 12.7. The summed E-state index contributed by atoms with van der Waals surface area (Å²) < 4.78 is 4.99. The third-order valence-electron chi connectivity index (χ3n) is 2.85. The molecule has 0 saturated carbocycles. The van der Waals surface area contributed by atoms with Crippen LogP contribution in [-0.4, -0.2) is 30.5 Å². The number of benzene rings is 1. The van der Waals surface area contributed by atoms with Crippen LogP contribution < -0.4 is 15.4 Å². The number of nitro benzene ring substituents is 1. The Bertz CT molecular complexity index is 517. The topological polar surface area (TPSA) is 93.5 Å². The summed E-state index contributed by atoms with van der Waals surface area (Å²) in [6, 6.07) is 4.10. The third kappa shape index (κ3) is 4.62. The number of para-hydroxylation sites is 1. The molecule has 1 aromatic carbocycles. The molecule has 0 heterocycles. The zero-order valence-electron chi connectivity index (χ0n) is 12.7. The number of amides is 1. The quantitative estimate of drug-likeness (QED) is 0.594. The van der Waals surface area contributed by atoms with E-state index in [2.05, 4.69) is 10.6 Å². The van der Waals surface area contributed by atoms with Crippen molar-refractivity contribution in [1.29, 1.82) is 0 Å². The van der Waals surface area contributed by atoms with Gasteiger partial charge in [-0.2, -0.15) is 0 Å². The maximum atomic E-state index is 11.9. The van der Waals surface area contributed by atoms with Gasteiger partial charge in [0.25, 0.3) is 0 Å². The Labute approximate surface area is 123 Å². The summed E-state index contributed by atoms with van der Waals surface area (Å²) in [6.45, 7) is 6.19. The smallest absolute Gasteiger partial charge is 0.333 e. The number of nitro groups is 1. The Hall–Kier alpha value is -2.31. The second kappa shape index (κ2) is 7.47. The number of ether oxygens (including phenoxy) is 1. The molecule has 1 atom stereocenters. The van der Waals surface area contributed by atoms with E-state index in [4.69, 9.17) is 4.74 Å². The molecule has 0 saturated heterocycles. The largest absolute Gasteiger partial charge is 0.490 e. The van der Waals surface area contributed by atoms with Gasteiger partial charge in [-0.25, -0.2) is 0 Å². The Kier molecular flexibility index (Phi) is 5.95. The molecule has 1 amide bonds. The van der Waals surface area contributed by atoms with Crippen LogP contribution in [0.2, 0.25) is 0 Å². The fourth-order valence-electron chi connectivity index (χ4n) is 1.75. The van der Waals surface area contributed by atoms with Gasteiger partial charge < -0.3 is 15.4 Å². The highest BCUT2D eigenvalue weighted by molar-refractivity contribution is 5.85. The number of hydrogen-bond acceptors (Lipinski definition) is 5. The number of nitrogens with one attached hydrogen (secondary N) is 2. The first-order chi connectivity index (χ1) is 9.86. The van der Waals surface area contributed by atoms with E-state index < -0.39 is 11.0 Å². The van der Waals surface area contributed by atoms with E-state index >= 15 is 0 Å². The van der Waals surface area contributed by atoms with E-state index in [-0.39, 0.29) is 23.0 Å². The van der Waals surface area contributed by atoms with Crippen molar-refractivity contribution < 1.29 is 14.5 Å². The molecule has 1 rings (SSSR count). The van der Waals surface area contributed by atoms with E-state index in [0.29, 0.717) is 12.5 Å². The summed E-state index contributed by atoms with van der Waals surface area (Å²) in [6.07, 6.45) is 0. The molecule has 0 aromatic heterocycles. The number of methoxy groups -OCH3 is 1. The van der Waals surface area contributed by atoms with Gasteiger partial charge in [-0.1, -0.05) is 19.9 Å². The Morgan fingerprint density at radius 3 is 2.57 bits per heavy atom. The predicted molar refractivity (Wildman–Crippen MR) is 80.6 cm³/mol. The van der Waals surface area contributed by atoms with Gasteiger partial charge in [-0.05, 0) is 25.0 Å². The van der Waals surface area contributed by atoms with Crippen LogP contribution in [0.3, 0.4) is 0 Å². The molecule has 0 bridgehead atoms. The van der Waals surface area contributed by atoms with Crippen molar-refractivity contribution in [2.45, 2.75) is 26.8 Å². The lowest BCUT2D eigenvalue weighted by Gasteiger charge is -2.16. The summed E-state index contributed by atoms with van der Waals surface area (Å²) in [5, 5.41) is 16.8. The molecule has 7 heteroatoms. The molecule has 1 unspecified atom stereocenters. The fourth-order valence-corrected chi connectivity index (χ4v) is 1.75. The fraction of sp³-hybridized carbons (Fsp3) is 0.500. The summed E-state index contributed by atoms with van der Waals surface area (Å²) in [5.41, 5.74) is 0.0788. The standard InChI is InChI=1S/C14H21N3O4/c1-9(2)8-15-14(18)10(3)16-11-6-5-7-12(21-4)13(11)17(19)20/h5-7,9-10,16H,8H2,1-4H3,(H,15,18). The van der Waals surface area contributed by atoms with Gasteiger partial charge in [0.05, 0.1) is 12.0 Å². The molecule has 2 N–H and O–H groups in total. The Balaban J connectivity index is 2.87. The van der Waals surface area contributed by atoms with Crippen LogP contribution in [0.1, 0.15) is 20.8 Å². The van der Waals surface area contributed by atoms with E-state index in [0.717, 1.165) is 0 Å². The molecule has 0 aliphatic rings. The first-order valence-electron chi connectivity index (χ1n) is 6.72. The van der Waals surface area contributed by atoms with E-state index in [1.54, 1.807) is 19.1 Å². The van der Waals surface area contributed by atoms with Crippen molar-refractivity contribution in [3.05, 3.63) is 28.3 Å². The molecular weight excluding hydrogens is 274 g/mol. The number of carbonyl (C=O) groups excluding carboxylic acids is 1. The van der Waals surface area contributed by atoms with E-state index in [1.165, 1.54) is 13.2 Å². The maximum absolute atomic E-state index is 11.9. The molecule has 0 radical (unpaired) electrons. The van der Waals surface area contributed by atoms with Gasteiger partial charge in [0.15, 0.2) is 5.75 Å². The normalized spacial score (nSPS) is 11.9. The van der Waals surface area contributed by atoms with Crippen LogP contribution >= 0.6 is 0 Å². The molecule has 0 fully saturated rings. The number of hydrogen-bond donors (Lipinski definition) is 2. The van der Waals surface area contributed by atoms with E-state index in [9.17, 15) is 14.9 Å². The predicted octanol–water partition coefficient (Wildman–Crippen LogP) is 2.18. The summed E-state index contributed by atoms with van der Waals surface area (Å²) in [5.74, 6) is 0.285. The Morgan fingerprint density at radius 1 is 1.38 bits per heavy atom. The lowest BCUT2D eigenvalue weighted by atomic mass is 10.2. The van der Waals surface area contributed by atoms with Crippen LogP contribution in [-0.2, 0) is 4.79 Å². The van der Waals surface area contributed by atoms with E-state index in [1.807, 2.05) is 13.8 Å². The number of anilines is 1. The summed E-state index contributed by atoms with van der Waals surface area (Å²) in [7, 11) is 1.37. The average Bonchev–Trinajstić information content (AvgIpc) is 2.43. The van der Waals surface area contributed by atoms with Gasteiger partial charge in [-0.15, -0.1) is 0 Å². The highest BCUT2D eigenvalue weighted by Gasteiger charge is 2.23. The van der Waals surface area contributed by atoms with Gasteiger partial charge in [0, 0.05) is 6.54 Å². The zero-order chi connectivity index (χ0) is 16.0. The van der Waals surface area contributed by atoms with Crippen molar-refractivity contribution in [2.75, 3.05) is 19.0 Å². The van der Waals surface area contributed by atoms with Crippen LogP contribution in [0.5, 0.6) is 5.75 Å². The van der Waals surface area contributed by atoms with Crippen molar-refractivity contribution in [3.63, 3.8) is 0 Å². The minimum atomic E-state index is -0.588. The summed E-state index contributed by atoms with van der Waals surface area (Å²) >= 11 is 0. The lowest BCUT2D eigenvalue weighted by Crippen LogP contribution is -2.39. The second-order valence-electron chi connectivity index (χ2n) is 5.12. The first-order valence-corrected chi connectivity index (χ1v) is 6.72. The number of rotatable bonds is 7. The van der Waals surface area contributed by atoms with Crippen LogP contribution in [0.4, 0.5) is 11.4 Å². The highest BCUT2D eigenvalue weighted by Crippen LogP contribution is 2.34. The van der Waals surface area contributed by atoms with Crippen molar-refractivity contribution in [1.82, 2.24) is 5.32 Å². The third-order valence-corrected chi connectivity index (χ3v) is 2.85. The first kappa shape index (κ1) is 16.7. The summed E-state index contributed by atoms with van der Waals surface area (Å²) in [4.78, 5) is 22.5. The molecule has 7 nitrogen and oxygen atoms in total. The van der Waals surface area contributed by atoms with Crippen LogP contribution in [0.15, 0.2) is 18.2 Å². The van der Waals surface area contributed by atoms with Crippen LogP contribution in [0, 0.1) is 16.0 Å². The van der Waals surface area contributed by atoms with Gasteiger partial charge in [0.2, 0.25) is 5.91 Å². The van der Waals surface area contributed by atoms with Crippen LogP contribution in [0.25, 0.3) is 0 Å². The lowest BCUT2D eigenvalue weighted by molar-refractivity contribution is -0.384. The van der Waals surface area contributed by atoms with Gasteiger partial charge in [0.1, 0.15) is 11.7 Å². The van der Waals surface area contributed by atoms with Gasteiger partial charge >= 0.3 is 5.69 Å². The van der Waals surface area contributed by atoms with Crippen molar-refractivity contribution in [3.8, 4) is 5.75 Å². The number of carbonyl (C=O) groups is 1.